The first-order valence-corrected chi connectivity index (χ1v) is 8.66. The minimum absolute atomic E-state index is 0.0193. The Kier molecular flexibility index (Phi) is 6.59. The van der Waals surface area contributed by atoms with Crippen molar-refractivity contribution in [3.05, 3.63) is 41.4 Å². The summed E-state index contributed by atoms with van der Waals surface area (Å²) in [5.41, 5.74) is 0.137. The summed E-state index contributed by atoms with van der Waals surface area (Å²) in [6.45, 7) is 3.18. The summed E-state index contributed by atoms with van der Waals surface area (Å²) < 4.78 is 29.4. The lowest BCUT2D eigenvalue weighted by atomic mass is 10.2. The molecule has 0 aliphatic heterocycles. The van der Waals surface area contributed by atoms with Gasteiger partial charge in [-0.05, 0) is 18.2 Å². The van der Waals surface area contributed by atoms with Crippen LogP contribution in [0.25, 0.3) is 0 Å². The molecule has 1 aromatic carbocycles. The predicted octanol–water partition coefficient (Wildman–Crippen LogP) is 1.19. The largest absolute Gasteiger partial charge is 0.465 e. The van der Waals surface area contributed by atoms with Crippen LogP contribution in [0.5, 0.6) is 0 Å². The molecule has 0 spiro atoms. The maximum absolute atomic E-state index is 12.0. The number of carbonyl (C=O) groups is 2. The van der Waals surface area contributed by atoms with Gasteiger partial charge in [-0.15, -0.1) is 6.58 Å². The minimum Gasteiger partial charge on any atom is -0.465 e. The Bertz CT molecular complexity index is 718. The van der Waals surface area contributed by atoms with Gasteiger partial charge < -0.3 is 10.1 Å². The topological polar surface area (TPSA) is 92.8 Å². The van der Waals surface area contributed by atoms with Gasteiger partial charge in [-0.3, -0.25) is 9.10 Å². The lowest BCUT2D eigenvalue weighted by Gasteiger charge is -2.23. The maximum Gasteiger partial charge on any atom is 0.337 e. The summed E-state index contributed by atoms with van der Waals surface area (Å²) >= 11 is 6.03. The molecule has 9 heteroatoms. The zero-order chi connectivity index (χ0) is 17.6. The van der Waals surface area contributed by atoms with Crippen molar-refractivity contribution in [2.75, 3.05) is 30.8 Å². The van der Waals surface area contributed by atoms with Crippen LogP contribution in [0.4, 0.5) is 5.69 Å². The van der Waals surface area contributed by atoms with Crippen LogP contribution >= 0.6 is 11.6 Å². The number of benzene rings is 1. The van der Waals surface area contributed by atoms with E-state index in [9.17, 15) is 18.0 Å². The summed E-state index contributed by atoms with van der Waals surface area (Å²) in [7, 11) is -2.60. The molecule has 1 rings (SSSR count). The number of carbonyl (C=O) groups excluding carboxylic acids is 2. The fourth-order valence-corrected chi connectivity index (χ4v) is 2.83. The highest BCUT2D eigenvalue weighted by atomic mass is 35.5. The van der Waals surface area contributed by atoms with E-state index in [4.69, 9.17) is 11.6 Å². The lowest BCUT2D eigenvalue weighted by Crippen LogP contribution is -2.40. The summed E-state index contributed by atoms with van der Waals surface area (Å²) in [5, 5.41) is 2.56. The second-order valence-corrected chi connectivity index (χ2v) is 6.83. The van der Waals surface area contributed by atoms with Gasteiger partial charge in [0.1, 0.15) is 6.54 Å². The quantitative estimate of drug-likeness (QED) is 0.582. The molecule has 0 aromatic heterocycles. The van der Waals surface area contributed by atoms with Crippen LogP contribution in [-0.2, 0) is 19.6 Å². The van der Waals surface area contributed by atoms with Crippen molar-refractivity contribution in [1.29, 1.82) is 0 Å². The van der Waals surface area contributed by atoms with E-state index in [0.29, 0.717) is 0 Å². The number of hydrogen-bond acceptors (Lipinski definition) is 5. The molecule has 126 valence electrons. The number of hydrogen-bond donors (Lipinski definition) is 1. The molecule has 0 saturated heterocycles. The molecule has 1 amide bonds. The Labute approximate surface area is 139 Å². The van der Waals surface area contributed by atoms with Gasteiger partial charge in [-0.25, -0.2) is 13.2 Å². The molecule has 0 fully saturated rings. The Hall–Kier alpha value is -2.06. The molecule has 23 heavy (non-hydrogen) atoms. The summed E-state index contributed by atoms with van der Waals surface area (Å²) in [6, 6.07) is 4.02. The molecule has 0 bridgehead atoms. The van der Waals surface area contributed by atoms with E-state index in [1.165, 1.54) is 31.4 Å². The second kappa shape index (κ2) is 7.98. The molecule has 0 heterocycles. The molecule has 0 saturated carbocycles. The average molecular weight is 361 g/mol. The Morgan fingerprint density at radius 2 is 2.09 bits per heavy atom. The van der Waals surface area contributed by atoms with Crippen LogP contribution in [0.2, 0.25) is 5.02 Å². The number of rotatable bonds is 7. The van der Waals surface area contributed by atoms with Gasteiger partial charge in [0.25, 0.3) is 0 Å². The van der Waals surface area contributed by atoms with Crippen LogP contribution in [0, 0.1) is 0 Å². The SMILES string of the molecule is C=CCNC(=O)CN(c1cc(C(=O)OC)ccc1Cl)S(C)(=O)=O. The fraction of sp³-hybridized carbons (Fsp3) is 0.286. The van der Waals surface area contributed by atoms with E-state index in [1.54, 1.807) is 0 Å². The van der Waals surface area contributed by atoms with Crippen molar-refractivity contribution in [2.45, 2.75) is 0 Å². The number of amides is 1. The number of halogens is 1. The number of sulfonamides is 1. The Balaban J connectivity index is 3.25. The van der Waals surface area contributed by atoms with E-state index in [2.05, 4.69) is 16.6 Å². The van der Waals surface area contributed by atoms with Gasteiger partial charge in [-0.1, -0.05) is 17.7 Å². The Morgan fingerprint density at radius 3 is 2.61 bits per heavy atom. The van der Waals surface area contributed by atoms with Crippen LogP contribution in [0.3, 0.4) is 0 Å². The van der Waals surface area contributed by atoms with Crippen molar-refractivity contribution < 1.29 is 22.7 Å². The zero-order valence-electron chi connectivity index (χ0n) is 12.7. The van der Waals surface area contributed by atoms with Crippen molar-refractivity contribution in [2.24, 2.45) is 0 Å². The van der Waals surface area contributed by atoms with Crippen molar-refractivity contribution in [3.8, 4) is 0 Å². The number of methoxy groups -OCH3 is 1. The smallest absolute Gasteiger partial charge is 0.337 e. The van der Waals surface area contributed by atoms with Gasteiger partial charge in [0.2, 0.25) is 15.9 Å². The molecule has 0 aliphatic rings. The van der Waals surface area contributed by atoms with Crippen LogP contribution < -0.4 is 9.62 Å². The molecule has 0 unspecified atom stereocenters. The van der Waals surface area contributed by atoms with E-state index < -0.39 is 28.4 Å². The fourth-order valence-electron chi connectivity index (χ4n) is 1.70. The molecular formula is C14H17ClN2O5S. The minimum atomic E-state index is -3.80. The molecule has 1 N–H and O–H groups in total. The van der Waals surface area contributed by atoms with E-state index in [-0.39, 0.29) is 22.8 Å². The maximum atomic E-state index is 12.0. The van der Waals surface area contributed by atoms with E-state index in [1.807, 2.05) is 0 Å². The molecule has 1 aromatic rings. The molecular weight excluding hydrogens is 344 g/mol. The van der Waals surface area contributed by atoms with Crippen molar-refractivity contribution >= 4 is 39.2 Å². The number of nitrogens with one attached hydrogen (secondary N) is 1. The highest BCUT2D eigenvalue weighted by molar-refractivity contribution is 7.92. The number of ether oxygens (including phenoxy) is 1. The molecule has 7 nitrogen and oxygen atoms in total. The molecule has 0 atom stereocenters. The third kappa shape index (κ3) is 5.26. The summed E-state index contributed by atoms with van der Waals surface area (Å²) in [5.74, 6) is -1.18. The zero-order valence-corrected chi connectivity index (χ0v) is 14.3. The van der Waals surface area contributed by atoms with E-state index in [0.717, 1.165) is 10.6 Å². The number of anilines is 1. The lowest BCUT2D eigenvalue weighted by molar-refractivity contribution is -0.119. The monoisotopic (exact) mass is 360 g/mol. The molecule has 0 radical (unpaired) electrons. The third-order valence-electron chi connectivity index (χ3n) is 2.77. The summed E-state index contributed by atoms with van der Waals surface area (Å²) in [4.78, 5) is 23.4. The highest BCUT2D eigenvalue weighted by Gasteiger charge is 2.24. The third-order valence-corrected chi connectivity index (χ3v) is 4.21. The highest BCUT2D eigenvalue weighted by Crippen LogP contribution is 2.29. The van der Waals surface area contributed by atoms with Gasteiger partial charge in [0, 0.05) is 6.54 Å². The predicted molar refractivity (Wildman–Crippen MR) is 88.2 cm³/mol. The standard InChI is InChI=1S/C14H17ClN2O5S/c1-4-7-16-13(18)9-17(23(3,20)21)12-8-10(14(19)22-2)5-6-11(12)15/h4-6,8H,1,7,9H2,2-3H3,(H,16,18). The normalized spacial score (nSPS) is 10.7. The van der Waals surface area contributed by atoms with Gasteiger partial charge in [0.15, 0.2) is 0 Å². The van der Waals surface area contributed by atoms with Crippen molar-refractivity contribution in [1.82, 2.24) is 5.32 Å². The van der Waals surface area contributed by atoms with Crippen LogP contribution in [0.1, 0.15) is 10.4 Å². The van der Waals surface area contributed by atoms with E-state index >= 15 is 0 Å². The first-order valence-electron chi connectivity index (χ1n) is 6.44. The molecule has 0 aliphatic carbocycles. The Morgan fingerprint density at radius 1 is 1.43 bits per heavy atom. The number of nitrogens with zero attached hydrogens (tertiary/aromatic N) is 1. The van der Waals surface area contributed by atoms with Gasteiger partial charge in [0.05, 0.1) is 29.6 Å². The van der Waals surface area contributed by atoms with Gasteiger partial charge in [-0.2, -0.15) is 0 Å². The number of esters is 1. The van der Waals surface area contributed by atoms with Gasteiger partial charge >= 0.3 is 5.97 Å². The first-order chi connectivity index (χ1) is 10.7. The second-order valence-electron chi connectivity index (χ2n) is 4.52. The first kappa shape index (κ1) is 19.0. The summed E-state index contributed by atoms with van der Waals surface area (Å²) in [6.07, 6.45) is 2.41. The van der Waals surface area contributed by atoms with Crippen molar-refractivity contribution in [3.63, 3.8) is 0 Å². The van der Waals surface area contributed by atoms with Crippen LogP contribution in [-0.4, -0.2) is 46.7 Å². The average Bonchev–Trinajstić information content (AvgIpc) is 2.49. The van der Waals surface area contributed by atoms with Crippen LogP contribution in [0.15, 0.2) is 30.9 Å².